The molecule has 0 aliphatic heterocycles. The number of rotatable bonds is 7. The molecule has 0 fully saturated rings. The third-order valence-corrected chi connectivity index (χ3v) is 3.75. The van der Waals surface area contributed by atoms with Gasteiger partial charge >= 0.3 is 0 Å². The Hall–Kier alpha value is -1.56. The third-order valence-electron chi connectivity index (χ3n) is 2.62. The maximum atomic E-state index is 9.85. The molecule has 0 radical (unpaired) electrons. The van der Waals surface area contributed by atoms with E-state index < -0.39 is 6.10 Å². The van der Waals surface area contributed by atoms with Crippen LogP contribution < -0.4 is 5.73 Å². The number of thioether (sulfide) groups is 1. The average molecular weight is 290 g/mol. The number of anilines is 1. The largest absolute Gasteiger partial charge is 0.390 e. The predicted molar refractivity (Wildman–Crippen MR) is 81.5 cm³/mol. The Kier molecular flexibility index (Phi) is 5.86. The van der Waals surface area contributed by atoms with Crippen LogP contribution in [0.2, 0.25) is 0 Å². The zero-order chi connectivity index (χ0) is 14.2. The quantitative estimate of drug-likeness (QED) is 0.766. The van der Waals surface area contributed by atoms with Crippen LogP contribution in [0.25, 0.3) is 0 Å². The molecule has 106 valence electrons. The van der Waals surface area contributed by atoms with Crippen LogP contribution >= 0.6 is 11.8 Å². The van der Waals surface area contributed by atoms with E-state index >= 15 is 0 Å². The molecule has 1 unspecified atom stereocenters. The Morgan fingerprint density at radius 1 is 1.20 bits per heavy atom. The fourth-order valence-corrected chi connectivity index (χ4v) is 2.38. The number of aromatic nitrogens is 1. The number of hydrogen-bond donors (Lipinski definition) is 2. The normalized spacial score (nSPS) is 12.2. The van der Waals surface area contributed by atoms with Crippen LogP contribution in [-0.4, -0.2) is 28.6 Å². The van der Waals surface area contributed by atoms with Gasteiger partial charge in [0.25, 0.3) is 0 Å². The molecule has 1 atom stereocenters. The van der Waals surface area contributed by atoms with Crippen LogP contribution in [0.5, 0.6) is 0 Å². The maximum Gasteiger partial charge on any atom is 0.123 e. The van der Waals surface area contributed by atoms with Crippen molar-refractivity contribution in [1.82, 2.24) is 4.98 Å². The van der Waals surface area contributed by atoms with Gasteiger partial charge < -0.3 is 15.6 Å². The minimum absolute atomic E-state index is 0.324. The first-order valence-corrected chi connectivity index (χ1v) is 7.36. The molecule has 0 aliphatic rings. The first kappa shape index (κ1) is 14.8. The zero-order valence-corrected chi connectivity index (χ0v) is 11.9. The number of benzene rings is 1. The lowest BCUT2D eigenvalue weighted by Crippen LogP contribution is -2.17. The van der Waals surface area contributed by atoms with E-state index in [1.165, 1.54) is 11.8 Å². The molecule has 4 nitrogen and oxygen atoms in total. The lowest BCUT2D eigenvalue weighted by Gasteiger charge is -2.11. The second kappa shape index (κ2) is 7.89. The van der Waals surface area contributed by atoms with Gasteiger partial charge in [0.15, 0.2) is 0 Å². The van der Waals surface area contributed by atoms with Gasteiger partial charge in [0.1, 0.15) is 5.82 Å². The van der Waals surface area contributed by atoms with Gasteiger partial charge in [0.2, 0.25) is 0 Å². The molecule has 1 heterocycles. The van der Waals surface area contributed by atoms with E-state index in [1.54, 1.807) is 12.3 Å². The number of nitrogen functional groups attached to an aromatic ring is 1. The van der Waals surface area contributed by atoms with Crippen molar-refractivity contribution in [2.24, 2.45) is 0 Å². The minimum atomic E-state index is -0.499. The fourth-order valence-electron chi connectivity index (χ4n) is 1.60. The lowest BCUT2D eigenvalue weighted by molar-refractivity contribution is 0.0398. The molecule has 2 aromatic rings. The van der Waals surface area contributed by atoms with Crippen molar-refractivity contribution in [3.63, 3.8) is 0 Å². The monoisotopic (exact) mass is 290 g/mol. The van der Waals surface area contributed by atoms with Crippen molar-refractivity contribution in [2.75, 3.05) is 18.1 Å². The van der Waals surface area contributed by atoms with Crippen LogP contribution in [0.3, 0.4) is 0 Å². The molecule has 0 bridgehead atoms. The van der Waals surface area contributed by atoms with E-state index in [-0.39, 0.29) is 0 Å². The second-order valence-corrected chi connectivity index (χ2v) is 5.48. The summed E-state index contributed by atoms with van der Waals surface area (Å²) in [5, 5.41) is 9.85. The molecule has 0 aliphatic carbocycles. The van der Waals surface area contributed by atoms with E-state index in [0.29, 0.717) is 24.8 Å². The Balaban J connectivity index is 1.65. The van der Waals surface area contributed by atoms with Crippen molar-refractivity contribution in [3.05, 3.63) is 54.2 Å². The van der Waals surface area contributed by atoms with E-state index in [1.807, 2.05) is 36.4 Å². The molecule has 0 spiro atoms. The first-order chi connectivity index (χ1) is 9.74. The van der Waals surface area contributed by atoms with Crippen LogP contribution in [0.15, 0.2) is 53.6 Å². The summed E-state index contributed by atoms with van der Waals surface area (Å²) >= 11 is 1.54. The highest BCUT2D eigenvalue weighted by Crippen LogP contribution is 2.18. The third kappa shape index (κ3) is 5.21. The van der Waals surface area contributed by atoms with Gasteiger partial charge in [-0.05, 0) is 17.7 Å². The summed E-state index contributed by atoms with van der Waals surface area (Å²) in [6.45, 7) is 0.844. The number of nitrogens with zero attached hydrogens (tertiary/aromatic N) is 1. The molecule has 1 aromatic heterocycles. The van der Waals surface area contributed by atoms with Crippen molar-refractivity contribution in [3.8, 4) is 0 Å². The highest BCUT2D eigenvalue weighted by atomic mass is 32.2. The number of aliphatic hydroxyl groups excluding tert-OH is 1. The summed E-state index contributed by atoms with van der Waals surface area (Å²) in [5.41, 5.74) is 6.62. The number of pyridine rings is 1. The number of hydrogen-bond acceptors (Lipinski definition) is 5. The second-order valence-electron chi connectivity index (χ2n) is 4.38. The molecule has 0 saturated carbocycles. The van der Waals surface area contributed by atoms with Crippen LogP contribution in [0.1, 0.15) is 5.56 Å². The Morgan fingerprint density at radius 2 is 2.00 bits per heavy atom. The predicted octanol–water partition coefficient (Wildman–Crippen LogP) is 2.33. The van der Waals surface area contributed by atoms with Crippen LogP contribution in [0, 0.1) is 0 Å². The molecule has 1 aromatic carbocycles. The van der Waals surface area contributed by atoms with E-state index in [4.69, 9.17) is 10.5 Å². The Bertz CT molecular complexity index is 505. The number of aliphatic hydroxyl groups is 1. The number of ether oxygens (including phenoxy) is 1. The van der Waals surface area contributed by atoms with Crippen LogP contribution in [-0.2, 0) is 11.3 Å². The van der Waals surface area contributed by atoms with Crippen molar-refractivity contribution >= 4 is 17.6 Å². The van der Waals surface area contributed by atoms with Gasteiger partial charge in [0.05, 0.1) is 19.3 Å². The fraction of sp³-hybridized carbons (Fsp3) is 0.267. The topological polar surface area (TPSA) is 68.4 Å². The average Bonchev–Trinajstić information content (AvgIpc) is 2.48. The molecule has 5 heteroatoms. The lowest BCUT2D eigenvalue weighted by atomic mass is 10.2. The van der Waals surface area contributed by atoms with Crippen LogP contribution in [0.4, 0.5) is 5.82 Å². The molecule has 0 saturated heterocycles. The molecule has 2 rings (SSSR count). The summed E-state index contributed by atoms with van der Waals surface area (Å²) < 4.78 is 5.49. The van der Waals surface area contributed by atoms with Crippen molar-refractivity contribution < 1.29 is 9.84 Å². The molecule has 0 amide bonds. The van der Waals surface area contributed by atoms with Gasteiger partial charge in [-0.3, -0.25) is 0 Å². The van der Waals surface area contributed by atoms with Crippen molar-refractivity contribution in [2.45, 2.75) is 17.6 Å². The zero-order valence-electron chi connectivity index (χ0n) is 11.1. The summed E-state index contributed by atoms with van der Waals surface area (Å²) in [6.07, 6.45) is 1.21. The molecule has 3 N–H and O–H groups in total. The molecular formula is C15H18N2O2S. The van der Waals surface area contributed by atoms with Crippen molar-refractivity contribution in [1.29, 1.82) is 0 Å². The Morgan fingerprint density at radius 3 is 2.70 bits per heavy atom. The SMILES string of the molecule is Nc1ccc(SCC(O)COCc2ccccc2)cn1. The Labute approximate surface area is 123 Å². The summed E-state index contributed by atoms with van der Waals surface area (Å²) in [7, 11) is 0. The van der Waals surface area contributed by atoms with Gasteiger partial charge in [-0.2, -0.15) is 0 Å². The smallest absolute Gasteiger partial charge is 0.123 e. The summed E-state index contributed by atoms with van der Waals surface area (Å²) in [5.74, 6) is 1.07. The first-order valence-electron chi connectivity index (χ1n) is 6.38. The highest BCUT2D eigenvalue weighted by molar-refractivity contribution is 7.99. The standard InChI is InChI=1S/C15H18N2O2S/c16-15-7-6-14(8-17-15)20-11-13(18)10-19-9-12-4-2-1-3-5-12/h1-8,13,18H,9-11H2,(H2,16,17). The maximum absolute atomic E-state index is 9.85. The minimum Gasteiger partial charge on any atom is -0.390 e. The number of nitrogens with two attached hydrogens (primary N) is 1. The van der Waals surface area contributed by atoms with E-state index in [9.17, 15) is 5.11 Å². The van der Waals surface area contributed by atoms with E-state index in [2.05, 4.69) is 4.98 Å². The van der Waals surface area contributed by atoms with E-state index in [0.717, 1.165) is 10.5 Å². The summed E-state index contributed by atoms with van der Waals surface area (Å²) in [6, 6.07) is 13.6. The van der Waals surface area contributed by atoms with Gasteiger partial charge in [0, 0.05) is 16.8 Å². The van der Waals surface area contributed by atoms with Gasteiger partial charge in [-0.1, -0.05) is 30.3 Å². The van der Waals surface area contributed by atoms with Gasteiger partial charge in [-0.15, -0.1) is 11.8 Å². The molecule has 20 heavy (non-hydrogen) atoms. The summed E-state index contributed by atoms with van der Waals surface area (Å²) in [4.78, 5) is 4.99. The molecular weight excluding hydrogens is 272 g/mol. The van der Waals surface area contributed by atoms with Gasteiger partial charge in [-0.25, -0.2) is 4.98 Å². The highest BCUT2D eigenvalue weighted by Gasteiger charge is 2.06.